The summed E-state index contributed by atoms with van der Waals surface area (Å²) >= 11 is 0. The van der Waals surface area contributed by atoms with Gasteiger partial charge in [-0.25, -0.2) is 0 Å². The van der Waals surface area contributed by atoms with Crippen molar-refractivity contribution in [2.45, 2.75) is 33.8 Å². The predicted octanol–water partition coefficient (Wildman–Crippen LogP) is 2.96. The van der Waals surface area contributed by atoms with Gasteiger partial charge in [0.1, 0.15) is 5.69 Å². The molecule has 1 fully saturated rings. The van der Waals surface area contributed by atoms with E-state index >= 15 is 0 Å². The lowest BCUT2D eigenvalue weighted by Gasteiger charge is -2.27. The fraction of sp³-hybridized carbons (Fsp3) is 0.600. The quantitative estimate of drug-likeness (QED) is 0.682. The highest BCUT2D eigenvalue weighted by Crippen LogP contribution is 2.38. The van der Waals surface area contributed by atoms with Crippen molar-refractivity contribution in [3.8, 4) is 0 Å². The Balaban J connectivity index is 2.28. The zero-order valence-corrected chi connectivity index (χ0v) is 12.3. The van der Waals surface area contributed by atoms with Gasteiger partial charge in [0, 0.05) is 19.2 Å². The molecule has 5 heteroatoms. The Morgan fingerprint density at radius 2 is 2.15 bits per heavy atom. The van der Waals surface area contributed by atoms with Crippen LogP contribution in [0.15, 0.2) is 18.2 Å². The number of aliphatic hydroxyl groups excluding tert-OH is 1. The van der Waals surface area contributed by atoms with Gasteiger partial charge in [0.05, 0.1) is 11.5 Å². The number of hydrogen-bond acceptors (Lipinski definition) is 4. The summed E-state index contributed by atoms with van der Waals surface area (Å²) in [6, 6.07) is 4.99. The summed E-state index contributed by atoms with van der Waals surface area (Å²) in [5.74, 6) is 0.541. The van der Waals surface area contributed by atoms with Crippen LogP contribution < -0.4 is 4.90 Å². The lowest BCUT2D eigenvalue weighted by molar-refractivity contribution is -0.384. The van der Waals surface area contributed by atoms with Crippen LogP contribution in [0.25, 0.3) is 0 Å². The number of hydrogen-bond donors (Lipinski definition) is 1. The second kappa shape index (κ2) is 5.40. The molecule has 110 valence electrons. The third-order valence-corrected chi connectivity index (χ3v) is 4.17. The molecule has 1 saturated heterocycles. The van der Waals surface area contributed by atoms with Crippen molar-refractivity contribution < 1.29 is 10.0 Å². The monoisotopic (exact) mass is 278 g/mol. The van der Waals surface area contributed by atoms with Crippen LogP contribution in [0.1, 0.15) is 32.8 Å². The highest BCUT2D eigenvalue weighted by Gasteiger charge is 2.34. The molecule has 0 saturated carbocycles. The van der Waals surface area contributed by atoms with Crippen LogP contribution >= 0.6 is 0 Å². The fourth-order valence-electron chi connectivity index (χ4n) is 2.77. The largest absolute Gasteiger partial charge is 0.392 e. The van der Waals surface area contributed by atoms with E-state index in [1.54, 1.807) is 12.1 Å². The minimum Gasteiger partial charge on any atom is -0.392 e. The molecule has 1 aromatic carbocycles. The van der Waals surface area contributed by atoms with E-state index in [1.807, 2.05) is 0 Å². The van der Waals surface area contributed by atoms with Crippen LogP contribution in [-0.4, -0.2) is 23.1 Å². The summed E-state index contributed by atoms with van der Waals surface area (Å²) in [5.41, 5.74) is 1.55. The molecule has 1 N–H and O–H groups in total. The first-order chi connectivity index (χ1) is 9.32. The van der Waals surface area contributed by atoms with Crippen LogP contribution in [0, 0.1) is 21.4 Å². The molecule has 5 nitrogen and oxygen atoms in total. The van der Waals surface area contributed by atoms with Gasteiger partial charge in [-0.2, -0.15) is 0 Å². The zero-order chi connectivity index (χ0) is 14.9. The molecule has 0 bridgehead atoms. The summed E-state index contributed by atoms with van der Waals surface area (Å²) in [4.78, 5) is 13.0. The summed E-state index contributed by atoms with van der Waals surface area (Å²) in [6.07, 6.45) is 1.06. The van der Waals surface area contributed by atoms with Crippen LogP contribution in [0.3, 0.4) is 0 Å². The van der Waals surface area contributed by atoms with Crippen LogP contribution in [0.2, 0.25) is 0 Å². The Kier molecular flexibility index (Phi) is 3.99. The Labute approximate surface area is 119 Å². The summed E-state index contributed by atoms with van der Waals surface area (Å²) in [6.45, 7) is 8.16. The number of nitro benzene ring substituents is 1. The van der Waals surface area contributed by atoms with E-state index in [0.29, 0.717) is 17.2 Å². The molecule has 0 aromatic heterocycles. The SMILES string of the molecule is CC(C)(C)C1CCN(c2ccc(CO)cc2[N+](=O)[O-])C1. The number of aliphatic hydroxyl groups is 1. The van der Waals surface area contributed by atoms with Gasteiger partial charge in [-0.1, -0.05) is 26.8 Å². The number of nitro groups is 1. The van der Waals surface area contributed by atoms with Gasteiger partial charge < -0.3 is 10.0 Å². The van der Waals surface area contributed by atoms with E-state index in [-0.39, 0.29) is 22.6 Å². The molecule has 0 spiro atoms. The van der Waals surface area contributed by atoms with E-state index in [2.05, 4.69) is 25.7 Å². The third-order valence-electron chi connectivity index (χ3n) is 4.17. The number of benzene rings is 1. The lowest BCUT2D eigenvalue weighted by atomic mass is 9.80. The molecule has 0 aliphatic carbocycles. The van der Waals surface area contributed by atoms with Crippen molar-refractivity contribution in [1.82, 2.24) is 0 Å². The topological polar surface area (TPSA) is 66.6 Å². The van der Waals surface area contributed by atoms with Crippen molar-refractivity contribution in [2.75, 3.05) is 18.0 Å². The van der Waals surface area contributed by atoms with E-state index < -0.39 is 0 Å². The minimum absolute atomic E-state index is 0.0890. The maximum absolute atomic E-state index is 11.2. The minimum atomic E-state index is -0.362. The fourth-order valence-corrected chi connectivity index (χ4v) is 2.77. The first-order valence-corrected chi connectivity index (χ1v) is 6.96. The number of nitrogens with zero attached hydrogens (tertiary/aromatic N) is 2. The Morgan fingerprint density at radius 3 is 2.65 bits per heavy atom. The van der Waals surface area contributed by atoms with Gasteiger partial charge in [0.15, 0.2) is 0 Å². The van der Waals surface area contributed by atoms with E-state index in [1.165, 1.54) is 6.07 Å². The second-order valence-electron chi connectivity index (χ2n) is 6.54. The van der Waals surface area contributed by atoms with Crippen molar-refractivity contribution in [3.05, 3.63) is 33.9 Å². The van der Waals surface area contributed by atoms with Crippen molar-refractivity contribution >= 4 is 11.4 Å². The van der Waals surface area contributed by atoms with Gasteiger partial charge in [-0.15, -0.1) is 0 Å². The van der Waals surface area contributed by atoms with Gasteiger partial charge in [0.25, 0.3) is 5.69 Å². The predicted molar refractivity (Wildman–Crippen MR) is 78.8 cm³/mol. The summed E-state index contributed by atoms with van der Waals surface area (Å²) in [7, 11) is 0. The second-order valence-corrected chi connectivity index (χ2v) is 6.54. The highest BCUT2D eigenvalue weighted by molar-refractivity contribution is 5.64. The molecule has 1 unspecified atom stereocenters. The summed E-state index contributed by atoms with van der Waals surface area (Å²) < 4.78 is 0. The van der Waals surface area contributed by atoms with Gasteiger partial charge in [-0.3, -0.25) is 10.1 Å². The van der Waals surface area contributed by atoms with Crippen molar-refractivity contribution in [1.29, 1.82) is 0 Å². The van der Waals surface area contributed by atoms with Crippen molar-refractivity contribution in [3.63, 3.8) is 0 Å². The standard InChI is InChI=1S/C15H22N2O3/c1-15(2,3)12-6-7-16(9-12)13-5-4-11(10-18)8-14(13)17(19)20/h4-5,8,12,18H,6-7,9-10H2,1-3H3. The molecule has 0 amide bonds. The highest BCUT2D eigenvalue weighted by atomic mass is 16.6. The molecule has 1 aliphatic heterocycles. The van der Waals surface area contributed by atoms with E-state index in [9.17, 15) is 10.1 Å². The molecular formula is C15H22N2O3. The van der Waals surface area contributed by atoms with Crippen LogP contribution in [0.4, 0.5) is 11.4 Å². The molecule has 1 heterocycles. The molecule has 0 radical (unpaired) electrons. The van der Waals surface area contributed by atoms with Gasteiger partial charge in [-0.05, 0) is 29.4 Å². The van der Waals surface area contributed by atoms with E-state index in [4.69, 9.17) is 5.11 Å². The molecule has 1 atom stereocenters. The van der Waals surface area contributed by atoms with E-state index in [0.717, 1.165) is 19.5 Å². The lowest BCUT2D eigenvalue weighted by Crippen LogP contribution is -2.26. The molecule has 1 aromatic rings. The maximum Gasteiger partial charge on any atom is 0.292 e. The number of rotatable bonds is 3. The van der Waals surface area contributed by atoms with Crippen molar-refractivity contribution in [2.24, 2.45) is 11.3 Å². The number of anilines is 1. The molecule has 20 heavy (non-hydrogen) atoms. The Bertz CT molecular complexity index is 508. The average Bonchev–Trinajstić information content (AvgIpc) is 2.87. The molecule has 1 aliphatic rings. The zero-order valence-electron chi connectivity index (χ0n) is 12.3. The van der Waals surface area contributed by atoms with Crippen LogP contribution in [0.5, 0.6) is 0 Å². The first-order valence-electron chi connectivity index (χ1n) is 6.96. The maximum atomic E-state index is 11.2. The molecule has 2 rings (SSSR count). The van der Waals surface area contributed by atoms with Crippen LogP contribution in [-0.2, 0) is 6.61 Å². The smallest absolute Gasteiger partial charge is 0.292 e. The summed E-state index contributed by atoms with van der Waals surface area (Å²) in [5, 5.41) is 20.3. The molecular weight excluding hydrogens is 256 g/mol. The first kappa shape index (κ1) is 14.8. The average molecular weight is 278 g/mol. The van der Waals surface area contributed by atoms with Gasteiger partial charge >= 0.3 is 0 Å². The van der Waals surface area contributed by atoms with Gasteiger partial charge in [0.2, 0.25) is 0 Å². The third kappa shape index (κ3) is 2.93. The Hall–Kier alpha value is -1.62. The normalized spacial score (nSPS) is 19.4. The Morgan fingerprint density at radius 1 is 1.45 bits per heavy atom.